The Labute approximate surface area is 215 Å². The van der Waals surface area contributed by atoms with Gasteiger partial charge in [-0.25, -0.2) is 4.39 Å². The Hall–Kier alpha value is -3.97. The van der Waals surface area contributed by atoms with Crippen molar-refractivity contribution in [2.24, 2.45) is 0 Å². The summed E-state index contributed by atoms with van der Waals surface area (Å²) in [5.74, 6) is -1.56. The Morgan fingerprint density at radius 2 is 1.65 bits per heavy atom. The first-order valence-electron chi connectivity index (χ1n) is 12.7. The molecule has 3 aromatic carbocycles. The number of nitrogens with one attached hydrogen (secondary N) is 2. The molecule has 0 radical (unpaired) electrons. The number of carboxylic acids is 1. The summed E-state index contributed by atoms with van der Waals surface area (Å²) in [4.78, 5) is 26.5. The predicted molar refractivity (Wildman–Crippen MR) is 143 cm³/mol. The highest BCUT2D eigenvalue weighted by Gasteiger charge is 2.29. The number of aryl methyl sites for hydroxylation is 1. The van der Waals surface area contributed by atoms with E-state index in [9.17, 15) is 14.0 Å². The van der Waals surface area contributed by atoms with Crippen LogP contribution in [0.1, 0.15) is 47.9 Å². The van der Waals surface area contributed by atoms with Gasteiger partial charge >= 0.3 is 5.97 Å². The van der Waals surface area contributed by atoms with Crippen molar-refractivity contribution in [3.05, 3.63) is 94.8 Å². The number of aliphatic carboxylic acids is 1. The number of anilines is 2. The van der Waals surface area contributed by atoms with Crippen LogP contribution in [0.5, 0.6) is 0 Å². The molecule has 0 saturated carbocycles. The Bertz CT molecular complexity index is 1330. The third kappa shape index (κ3) is 5.89. The summed E-state index contributed by atoms with van der Waals surface area (Å²) >= 11 is 0. The molecule has 0 spiro atoms. The van der Waals surface area contributed by atoms with Crippen molar-refractivity contribution >= 4 is 34.5 Å². The number of likely N-dealkylation sites (tertiary alicyclic amines) is 1. The van der Waals surface area contributed by atoms with Gasteiger partial charge in [0.1, 0.15) is 5.82 Å². The number of amides is 1. The van der Waals surface area contributed by atoms with Gasteiger partial charge in [0, 0.05) is 24.2 Å². The quantitative estimate of drug-likeness (QED) is 0.343. The second kappa shape index (κ2) is 11.0. The molecule has 7 heteroatoms. The van der Waals surface area contributed by atoms with Crippen molar-refractivity contribution in [1.82, 2.24) is 4.90 Å². The van der Waals surface area contributed by atoms with Gasteiger partial charge in [0.05, 0.1) is 17.0 Å². The standard InChI is InChI=1S/C30H30FN3O3/c31-23-11-14-25-26(18-23)33-30(37)28(25)29(22-9-4-20(5-10-22)8-15-27(35)36)32-24-12-6-21(7-13-24)19-34-16-2-1-3-17-34/h4-7,9-14,18,32H,1-3,8,15-17,19H2,(H,33,37)(H,35,36). The van der Waals surface area contributed by atoms with E-state index in [4.69, 9.17) is 5.11 Å². The molecule has 0 unspecified atom stereocenters. The number of rotatable bonds is 8. The number of hydrogen-bond donors (Lipinski definition) is 3. The lowest BCUT2D eigenvalue weighted by Crippen LogP contribution is -2.29. The first kappa shape index (κ1) is 24.7. The lowest BCUT2D eigenvalue weighted by atomic mass is 9.98. The molecule has 0 aromatic heterocycles. The molecule has 5 rings (SSSR count). The molecule has 1 saturated heterocycles. The van der Waals surface area contributed by atoms with Crippen molar-refractivity contribution < 1.29 is 19.1 Å². The molecule has 0 aliphatic carbocycles. The average Bonchev–Trinajstić information content (AvgIpc) is 3.22. The van der Waals surface area contributed by atoms with Gasteiger partial charge in [-0.1, -0.05) is 42.8 Å². The van der Waals surface area contributed by atoms with Gasteiger partial charge in [-0.3, -0.25) is 14.5 Å². The SMILES string of the molecule is O=C(O)CCc1ccc(C(Nc2ccc(CN3CCCCC3)cc2)=C2C(=O)Nc3cc(F)ccc32)cc1. The summed E-state index contributed by atoms with van der Waals surface area (Å²) in [6.45, 7) is 3.19. The zero-order valence-electron chi connectivity index (χ0n) is 20.6. The smallest absolute Gasteiger partial charge is 0.303 e. The number of fused-ring (bicyclic) bond motifs is 1. The first-order chi connectivity index (χ1) is 18.0. The molecule has 6 nitrogen and oxygen atoms in total. The minimum atomic E-state index is -0.844. The lowest BCUT2D eigenvalue weighted by molar-refractivity contribution is -0.137. The van der Waals surface area contributed by atoms with Crippen molar-refractivity contribution in [2.45, 2.75) is 38.6 Å². The summed E-state index contributed by atoms with van der Waals surface area (Å²) in [6, 6.07) is 20.0. The fourth-order valence-electron chi connectivity index (χ4n) is 4.98. The number of benzene rings is 3. The minimum Gasteiger partial charge on any atom is -0.481 e. The number of nitrogens with zero attached hydrogens (tertiary/aromatic N) is 1. The van der Waals surface area contributed by atoms with Gasteiger partial charge in [-0.2, -0.15) is 0 Å². The maximum atomic E-state index is 13.8. The van der Waals surface area contributed by atoms with Crippen LogP contribution in [-0.2, 0) is 22.6 Å². The summed E-state index contributed by atoms with van der Waals surface area (Å²) < 4.78 is 13.8. The predicted octanol–water partition coefficient (Wildman–Crippen LogP) is 5.76. The van der Waals surface area contributed by atoms with Crippen LogP contribution in [0.25, 0.3) is 11.3 Å². The molecular weight excluding hydrogens is 469 g/mol. The fourth-order valence-corrected chi connectivity index (χ4v) is 4.98. The zero-order valence-corrected chi connectivity index (χ0v) is 20.6. The highest BCUT2D eigenvalue weighted by molar-refractivity contribution is 6.37. The molecule has 2 aliphatic heterocycles. The molecule has 1 fully saturated rings. The van der Waals surface area contributed by atoms with Gasteiger partial charge in [0.25, 0.3) is 5.91 Å². The number of carbonyl (C=O) groups is 2. The molecule has 2 heterocycles. The van der Waals surface area contributed by atoms with Crippen molar-refractivity contribution in [2.75, 3.05) is 23.7 Å². The van der Waals surface area contributed by atoms with Crippen LogP contribution in [-0.4, -0.2) is 35.0 Å². The molecule has 1 amide bonds. The van der Waals surface area contributed by atoms with Crippen LogP contribution < -0.4 is 10.6 Å². The van der Waals surface area contributed by atoms with E-state index in [2.05, 4.69) is 27.7 Å². The third-order valence-corrected chi connectivity index (χ3v) is 6.92. The van der Waals surface area contributed by atoms with E-state index in [1.165, 1.54) is 37.0 Å². The Balaban J connectivity index is 1.46. The van der Waals surface area contributed by atoms with E-state index in [1.54, 1.807) is 6.07 Å². The Morgan fingerprint density at radius 1 is 0.946 bits per heavy atom. The number of hydrogen-bond acceptors (Lipinski definition) is 4. The molecular formula is C30H30FN3O3. The normalized spacial score (nSPS) is 16.7. The van der Waals surface area contributed by atoms with Crippen LogP contribution in [0.4, 0.5) is 15.8 Å². The average molecular weight is 500 g/mol. The van der Waals surface area contributed by atoms with Gasteiger partial charge in [0.2, 0.25) is 0 Å². The second-order valence-corrected chi connectivity index (χ2v) is 9.64. The molecule has 3 aromatic rings. The van der Waals surface area contributed by atoms with Crippen LogP contribution in [0.3, 0.4) is 0 Å². The maximum absolute atomic E-state index is 13.8. The summed E-state index contributed by atoms with van der Waals surface area (Å²) in [5.41, 5.74) is 5.86. The zero-order chi connectivity index (χ0) is 25.8. The van der Waals surface area contributed by atoms with Gasteiger partial charge in [-0.15, -0.1) is 0 Å². The fraction of sp³-hybridized carbons (Fsp3) is 0.267. The van der Waals surface area contributed by atoms with E-state index in [0.717, 1.165) is 36.4 Å². The lowest BCUT2D eigenvalue weighted by Gasteiger charge is -2.26. The number of carboxylic acid groups (broad SMARTS) is 1. The second-order valence-electron chi connectivity index (χ2n) is 9.64. The van der Waals surface area contributed by atoms with Crippen molar-refractivity contribution in [3.63, 3.8) is 0 Å². The van der Waals surface area contributed by atoms with Crippen LogP contribution in [0.2, 0.25) is 0 Å². The third-order valence-electron chi connectivity index (χ3n) is 6.92. The van der Waals surface area contributed by atoms with Gasteiger partial charge < -0.3 is 15.7 Å². The van der Waals surface area contributed by atoms with Crippen LogP contribution in [0.15, 0.2) is 66.7 Å². The van der Waals surface area contributed by atoms with E-state index in [1.807, 2.05) is 36.4 Å². The summed E-state index contributed by atoms with van der Waals surface area (Å²) in [6.07, 6.45) is 4.28. The van der Waals surface area contributed by atoms with E-state index in [-0.39, 0.29) is 12.3 Å². The monoisotopic (exact) mass is 499 g/mol. The molecule has 0 bridgehead atoms. The number of carbonyl (C=O) groups excluding carboxylic acids is 1. The van der Waals surface area contributed by atoms with Crippen molar-refractivity contribution in [1.29, 1.82) is 0 Å². The topological polar surface area (TPSA) is 81.7 Å². The van der Waals surface area contributed by atoms with E-state index >= 15 is 0 Å². The molecule has 0 atom stereocenters. The molecule has 37 heavy (non-hydrogen) atoms. The molecule has 2 aliphatic rings. The first-order valence-corrected chi connectivity index (χ1v) is 12.7. The van der Waals surface area contributed by atoms with Crippen molar-refractivity contribution in [3.8, 4) is 0 Å². The largest absolute Gasteiger partial charge is 0.481 e. The highest BCUT2D eigenvalue weighted by Crippen LogP contribution is 2.38. The van der Waals surface area contributed by atoms with E-state index in [0.29, 0.717) is 28.9 Å². The highest BCUT2D eigenvalue weighted by atomic mass is 19.1. The van der Waals surface area contributed by atoms with Crippen LogP contribution in [0, 0.1) is 5.82 Å². The minimum absolute atomic E-state index is 0.0522. The maximum Gasteiger partial charge on any atom is 0.303 e. The molecule has 3 N–H and O–H groups in total. The number of halogens is 1. The summed E-state index contributed by atoms with van der Waals surface area (Å²) in [5, 5.41) is 15.2. The Morgan fingerprint density at radius 3 is 2.35 bits per heavy atom. The van der Waals surface area contributed by atoms with Gasteiger partial charge in [-0.05, 0) is 79.4 Å². The Kier molecular flexibility index (Phi) is 7.32. The summed E-state index contributed by atoms with van der Waals surface area (Å²) in [7, 11) is 0. The van der Waals surface area contributed by atoms with Gasteiger partial charge in [0.15, 0.2) is 0 Å². The van der Waals surface area contributed by atoms with E-state index < -0.39 is 11.8 Å². The molecule has 190 valence electrons. The van der Waals surface area contributed by atoms with Crippen LogP contribution >= 0.6 is 0 Å². The number of piperidine rings is 1.